The van der Waals surface area contributed by atoms with E-state index in [1.165, 1.54) is 5.56 Å². The molecule has 2 N–H and O–H groups in total. The van der Waals surface area contributed by atoms with Gasteiger partial charge in [0.2, 0.25) is 0 Å². The lowest BCUT2D eigenvalue weighted by molar-refractivity contribution is -0.140. The molecule has 1 aromatic rings. The van der Waals surface area contributed by atoms with Gasteiger partial charge in [0.05, 0.1) is 5.92 Å². The number of hydrogen-bond acceptors (Lipinski definition) is 2. The summed E-state index contributed by atoms with van der Waals surface area (Å²) in [5.74, 6) is -1.70. The highest BCUT2D eigenvalue weighted by Crippen LogP contribution is 2.20. The van der Waals surface area contributed by atoms with Gasteiger partial charge in [-0.2, -0.15) is 0 Å². The van der Waals surface area contributed by atoms with E-state index in [1.54, 1.807) is 13.0 Å². The molecule has 0 aromatic heterocycles. The summed E-state index contributed by atoms with van der Waals surface area (Å²) in [5.41, 5.74) is 2.91. The molecule has 0 heterocycles. The maximum atomic E-state index is 11.9. The van der Waals surface area contributed by atoms with Gasteiger partial charge in [0.15, 0.2) is 0 Å². The molecule has 100 valence electrons. The number of nitrogens with one attached hydrogen (secondary N) is 1. The third-order valence-electron chi connectivity index (χ3n) is 3.27. The fraction of sp³-hybridized carbons (Fsp3) is 0.333. The zero-order valence-electron chi connectivity index (χ0n) is 10.8. The summed E-state index contributed by atoms with van der Waals surface area (Å²) >= 11 is 0. The molecule has 4 nitrogen and oxygen atoms in total. The van der Waals surface area contributed by atoms with E-state index in [4.69, 9.17) is 5.11 Å². The smallest absolute Gasteiger partial charge is 0.308 e. The van der Waals surface area contributed by atoms with E-state index in [9.17, 15) is 9.59 Å². The number of carbonyl (C=O) groups is 2. The number of hydrogen-bond donors (Lipinski definition) is 2. The normalized spacial score (nSPS) is 14.6. The van der Waals surface area contributed by atoms with Crippen LogP contribution in [0.4, 0.5) is 0 Å². The number of aryl methyl sites for hydroxylation is 1. The minimum absolute atomic E-state index is 0.144. The highest BCUT2D eigenvalue weighted by molar-refractivity contribution is 5.95. The lowest BCUT2D eigenvalue weighted by Crippen LogP contribution is -2.31. The zero-order chi connectivity index (χ0) is 13.8. The molecule has 4 heteroatoms. The van der Waals surface area contributed by atoms with E-state index >= 15 is 0 Å². The summed E-state index contributed by atoms with van der Waals surface area (Å²) in [4.78, 5) is 22.6. The van der Waals surface area contributed by atoms with Gasteiger partial charge < -0.3 is 10.4 Å². The number of allylic oxidation sites excluding steroid dienone is 1. The number of benzene rings is 1. The first-order valence-corrected chi connectivity index (χ1v) is 6.38. The number of amides is 1. The van der Waals surface area contributed by atoms with Crippen LogP contribution in [0.3, 0.4) is 0 Å². The maximum absolute atomic E-state index is 11.9. The number of aliphatic carboxylic acids is 1. The van der Waals surface area contributed by atoms with Gasteiger partial charge in [0.25, 0.3) is 5.91 Å². The van der Waals surface area contributed by atoms with Crippen LogP contribution in [0.15, 0.2) is 24.3 Å². The second kappa shape index (κ2) is 5.69. The number of rotatable bonds is 4. The van der Waals surface area contributed by atoms with Crippen LogP contribution in [0, 0.1) is 5.92 Å². The van der Waals surface area contributed by atoms with Crippen molar-refractivity contribution in [2.24, 2.45) is 5.92 Å². The molecular weight excluding hydrogens is 242 g/mol. The standard InChI is InChI=1S/C15H17NO3/c1-10(15(18)19)9-16-14(17)13-7-6-11-4-2-3-5-12(11)8-13/h2,4,6-8,10H,3,5,9H2,1H3,(H,16,17)(H,18,19). The monoisotopic (exact) mass is 259 g/mol. The lowest BCUT2D eigenvalue weighted by Gasteiger charge is -2.13. The molecule has 1 unspecified atom stereocenters. The van der Waals surface area contributed by atoms with Crippen LogP contribution < -0.4 is 5.32 Å². The van der Waals surface area contributed by atoms with Crippen LogP contribution >= 0.6 is 0 Å². The van der Waals surface area contributed by atoms with Crippen molar-refractivity contribution in [3.8, 4) is 0 Å². The van der Waals surface area contributed by atoms with Gasteiger partial charge in [0.1, 0.15) is 0 Å². The van der Waals surface area contributed by atoms with Gasteiger partial charge >= 0.3 is 5.97 Å². The van der Waals surface area contributed by atoms with E-state index in [0.29, 0.717) is 5.56 Å². The quantitative estimate of drug-likeness (QED) is 0.870. The zero-order valence-corrected chi connectivity index (χ0v) is 10.8. The van der Waals surface area contributed by atoms with E-state index in [0.717, 1.165) is 18.4 Å². The van der Waals surface area contributed by atoms with Gasteiger partial charge in [0, 0.05) is 12.1 Å². The summed E-state index contributed by atoms with van der Waals surface area (Å²) in [6, 6.07) is 5.59. The fourth-order valence-electron chi connectivity index (χ4n) is 2.01. The van der Waals surface area contributed by atoms with E-state index in [2.05, 4.69) is 17.5 Å². The molecule has 0 fully saturated rings. The molecule has 0 spiro atoms. The Labute approximate surface area is 112 Å². The highest BCUT2D eigenvalue weighted by Gasteiger charge is 2.14. The Balaban J connectivity index is 2.04. The van der Waals surface area contributed by atoms with Crippen molar-refractivity contribution in [2.75, 3.05) is 6.54 Å². The Hall–Kier alpha value is -2.10. The number of carboxylic acids is 1. The molecule has 1 amide bonds. The first-order chi connectivity index (χ1) is 9.08. The van der Waals surface area contributed by atoms with Crippen LogP contribution in [-0.2, 0) is 11.2 Å². The Morgan fingerprint density at radius 2 is 2.21 bits per heavy atom. The highest BCUT2D eigenvalue weighted by atomic mass is 16.4. The topological polar surface area (TPSA) is 66.4 Å². The van der Waals surface area contributed by atoms with Crippen molar-refractivity contribution in [2.45, 2.75) is 19.8 Å². The van der Waals surface area contributed by atoms with Crippen LogP contribution in [0.5, 0.6) is 0 Å². The molecule has 0 saturated carbocycles. The third-order valence-corrected chi connectivity index (χ3v) is 3.27. The van der Waals surface area contributed by atoms with Crippen molar-refractivity contribution in [3.05, 3.63) is 41.0 Å². The lowest BCUT2D eigenvalue weighted by atomic mass is 9.95. The van der Waals surface area contributed by atoms with Gasteiger partial charge in [-0.05, 0) is 36.1 Å². The van der Waals surface area contributed by atoms with Crippen LogP contribution in [-0.4, -0.2) is 23.5 Å². The van der Waals surface area contributed by atoms with Crippen LogP contribution in [0.25, 0.3) is 6.08 Å². The first-order valence-electron chi connectivity index (χ1n) is 6.38. The second-order valence-electron chi connectivity index (χ2n) is 4.80. The molecular formula is C15H17NO3. The average Bonchev–Trinajstić information content (AvgIpc) is 2.43. The molecule has 1 aliphatic rings. The molecule has 0 saturated heterocycles. The largest absolute Gasteiger partial charge is 0.481 e. The summed E-state index contributed by atoms with van der Waals surface area (Å²) in [6.45, 7) is 1.71. The van der Waals surface area contributed by atoms with Gasteiger partial charge in [-0.25, -0.2) is 0 Å². The minimum atomic E-state index is -0.907. The van der Waals surface area contributed by atoms with Crippen molar-refractivity contribution in [1.29, 1.82) is 0 Å². The molecule has 1 atom stereocenters. The Kier molecular flexibility index (Phi) is 4.00. The average molecular weight is 259 g/mol. The maximum Gasteiger partial charge on any atom is 0.308 e. The molecule has 0 radical (unpaired) electrons. The molecule has 19 heavy (non-hydrogen) atoms. The number of carboxylic acid groups (broad SMARTS) is 1. The van der Waals surface area contributed by atoms with Crippen molar-refractivity contribution in [1.82, 2.24) is 5.32 Å². The first kappa shape index (κ1) is 13.3. The molecule has 1 aromatic carbocycles. The summed E-state index contributed by atoms with van der Waals surface area (Å²) in [5, 5.41) is 11.4. The predicted octanol–water partition coefficient (Wildman–Crippen LogP) is 2.10. The van der Waals surface area contributed by atoms with E-state index < -0.39 is 11.9 Å². The Morgan fingerprint density at radius 1 is 1.42 bits per heavy atom. The number of fused-ring (bicyclic) bond motifs is 1. The Morgan fingerprint density at radius 3 is 2.95 bits per heavy atom. The van der Waals surface area contributed by atoms with Crippen molar-refractivity contribution < 1.29 is 14.7 Å². The van der Waals surface area contributed by atoms with Crippen molar-refractivity contribution in [3.63, 3.8) is 0 Å². The van der Waals surface area contributed by atoms with E-state index in [1.807, 2.05) is 12.1 Å². The fourth-order valence-corrected chi connectivity index (χ4v) is 2.01. The second-order valence-corrected chi connectivity index (χ2v) is 4.80. The minimum Gasteiger partial charge on any atom is -0.481 e. The molecule has 2 rings (SSSR count). The molecule has 0 aliphatic heterocycles. The molecule has 1 aliphatic carbocycles. The summed E-state index contributed by atoms with van der Waals surface area (Å²) in [6.07, 6.45) is 6.12. The van der Waals surface area contributed by atoms with Gasteiger partial charge in [-0.3, -0.25) is 9.59 Å². The third kappa shape index (κ3) is 3.22. The SMILES string of the molecule is CC(CNC(=O)c1ccc2c(c1)CCC=C2)C(=O)O. The number of carbonyl (C=O) groups excluding carboxylic acids is 1. The van der Waals surface area contributed by atoms with Gasteiger partial charge in [-0.1, -0.05) is 25.1 Å². The van der Waals surface area contributed by atoms with E-state index in [-0.39, 0.29) is 12.5 Å². The van der Waals surface area contributed by atoms with Gasteiger partial charge in [-0.15, -0.1) is 0 Å². The Bertz CT molecular complexity index is 534. The predicted molar refractivity (Wildman–Crippen MR) is 72.9 cm³/mol. The van der Waals surface area contributed by atoms with Crippen LogP contribution in [0.2, 0.25) is 0 Å². The summed E-state index contributed by atoms with van der Waals surface area (Å²) in [7, 11) is 0. The van der Waals surface area contributed by atoms with Crippen LogP contribution in [0.1, 0.15) is 34.8 Å². The summed E-state index contributed by atoms with van der Waals surface area (Å²) < 4.78 is 0. The molecule has 0 bridgehead atoms. The van der Waals surface area contributed by atoms with Crippen molar-refractivity contribution >= 4 is 18.0 Å².